The van der Waals surface area contributed by atoms with Gasteiger partial charge in [-0.25, -0.2) is 0 Å². The van der Waals surface area contributed by atoms with Gasteiger partial charge in [0, 0.05) is 16.4 Å². The van der Waals surface area contributed by atoms with Crippen molar-refractivity contribution >= 4 is 26.8 Å². The molecule has 2 aliphatic rings. The van der Waals surface area contributed by atoms with E-state index in [-0.39, 0.29) is 35.2 Å². The Labute approximate surface area is 315 Å². The highest BCUT2D eigenvalue weighted by Crippen LogP contribution is 2.56. The molecule has 0 radical (unpaired) electrons. The summed E-state index contributed by atoms with van der Waals surface area (Å²) in [5, 5.41) is 22.3. The van der Waals surface area contributed by atoms with Gasteiger partial charge in [-0.1, -0.05) is 63.6 Å². The van der Waals surface area contributed by atoms with Crippen molar-refractivity contribution in [2.24, 2.45) is 0 Å². The van der Waals surface area contributed by atoms with Gasteiger partial charge in [-0.05, 0) is 137 Å². The van der Waals surface area contributed by atoms with Crippen LogP contribution >= 0.6 is 26.8 Å². The molecular formula is C40H47ClO10P2. The lowest BCUT2D eigenvalue weighted by Crippen LogP contribution is -2.22. The summed E-state index contributed by atoms with van der Waals surface area (Å²) < 4.78 is 34.0. The molecule has 0 bridgehead atoms. The van der Waals surface area contributed by atoms with Crippen LogP contribution in [0.1, 0.15) is 121 Å². The van der Waals surface area contributed by atoms with Gasteiger partial charge in [0.2, 0.25) is 0 Å². The molecule has 53 heavy (non-hydrogen) atoms. The number of hydrogen-bond donors (Lipinski definition) is 6. The quantitative estimate of drug-likeness (QED) is 0.0760. The van der Waals surface area contributed by atoms with Crippen molar-refractivity contribution in [3.63, 3.8) is 0 Å². The summed E-state index contributed by atoms with van der Waals surface area (Å²) in [7, 11) is -8.76. The SMILES string of the molecule is Cc1cc(OCP(=O)(O)O)cc2c1[C@](C)(c1ccc(O)c(C(C)C)c1)CC2CC(C)c1cc([C@@H]2CCc3cc(OCP(=O)(O)O)cc(Cl)c32)ccc1O. The molecule has 2 aliphatic carbocycles. The molecule has 0 aromatic heterocycles. The third-order valence-corrected chi connectivity index (χ3v) is 12.2. The minimum atomic E-state index is -4.41. The van der Waals surface area contributed by atoms with Crippen LogP contribution in [0.25, 0.3) is 0 Å². The molecule has 0 saturated carbocycles. The van der Waals surface area contributed by atoms with E-state index in [1.54, 1.807) is 24.3 Å². The molecule has 0 fully saturated rings. The van der Waals surface area contributed by atoms with Crippen molar-refractivity contribution in [2.75, 3.05) is 12.7 Å². The Balaban J connectivity index is 1.33. The van der Waals surface area contributed by atoms with Crippen LogP contribution in [0.4, 0.5) is 0 Å². The van der Waals surface area contributed by atoms with E-state index < -0.39 is 33.3 Å². The second-order valence-electron chi connectivity index (χ2n) is 15.3. The summed E-state index contributed by atoms with van der Waals surface area (Å²) in [5.41, 5.74) is 8.27. The van der Waals surface area contributed by atoms with Gasteiger partial charge in [0.25, 0.3) is 0 Å². The maximum Gasteiger partial charge on any atom is 0.362 e. The lowest BCUT2D eigenvalue weighted by molar-refractivity contribution is 0.299. The fourth-order valence-corrected chi connectivity index (χ4v) is 9.63. The molecule has 4 atom stereocenters. The number of fused-ring (bicyclic) bond motifs is 2. The van der Waals surface area contributed by atoms with E-state index in [0.717, 1.165) is 62.9 Å². The average Bonchev–Trinajstić information content (AvgIpc) is 3.62. The van der Waals surface area contributed by atoms with Gasteiger partial charge in [0.05, 0.1) is 0 Å². The highest BCUT2D eigenvalue weighted by atomic mass is 35.5. The Morgan fingerprint density at radius 2 is 1.47 bits per heavy atom. The van der Waals surface area contributed by atoms with Crippen LogP contribution in [0.5, 0.6) is 23.0 Å². The van der Waals surface area contributed by atoms with Crippen molar-refractivity contribution in [1.82, 2.24) is 0 Å². The first-order chi connectivity index (χ1) is 24.7. The molecule has 6 N–H and O–H groups in total. The van der Waals surface area contributed by atoms with Gasteiger partial charge in [-0.3, -0.25) is 9.13 Å². The Kier molecular flexibility index (Phi) is 10.9. The van der Waals surface area contributed by atoms with Gasteiger partial charge in [0.1, 0.15) is 23.0 Å². The zero-order chi connectivity index (χ0) is 38.6. The highest BCUT2D eigenvalue weighted by molar-refractivity contribution is 7.51. The Hall–Kier alpha value is -3.33. The first kappa shape index (κ1) is 39.4. The molecule has 0 amide bonds. The lowest BCUT2D eigenvalue weighted by Gasteiger charge is -2.30. The molecule has 284 valence electrons. The molecule has 0 heterocycles. The van der Waals surface area contributed by atoms with Gasteiger partial charge < -0.3 is 39.3 Å². The summed E-state index contributed by atoms with van der Waals surface area (Å²) >= 11 is 6.76. The number of phenolic OH excluding ortho intramolecular Hbond substituents is 2. The minimum Gasteiger partial charge on any atom is -0.508 e. The van der Waals surface area contributed by atoms with Crippen LogP contribution in [-0.2, 0) is 21.0 Å². The molecule has 2 unspecified atom stereocenters. The number of rotatable bonds is 12. The topological polar surface area (TPSA) is 174 Å². The molecule has 4 aromatic carbocycles. The Bertz CT molecular complexity index is 2140. The van der Waals surface area contributed by atoms with Crippen LogP contribution < -0.4 is 9.47 Å². The molecule has 6 rings (SSSR count). The largest absolute Gasteiger partial charge is 0.508 e. The Morgan fingerprint density at radius 3 is 2.11 bits per heavy atom. The summed E-state index contributed by atoms with van der Waals surface area (Å²) in [6.45, 7) is 10.4. The number of ether oxygens (including phenoxy) is 2. The number of aryl methyl sites for hydroxylation is 2. The van der Waals surface area contributed by atoms with E-state index in [4.69, 9.17) is 21.1 Å². The normalized spacial score (nSPS) is 20.4. The maximum absolute atomic E-state index is 11.7. The van der Waals surface area contributed by atoms with Crippen molar-refractivity contribution < 1.29 is 48.4 Å². The van der Waals surface area contributed by atoms with Gasteiger partial charge in [0.15, 0.2) is 12.7 Å². The van der Waals surface area contributed by atoms with Crippen molar-refractivity contribution in [1.29, 1.82) is 0 Å². The number of hydrogen-bond acceptors (Lipinski definition) is 6. The van der Waals surface area contributed by atoms with Crippen LogP contribution in [0.2, 0.25) is 5.02 Å². The third-order valence-electron chi connectivity index (χ3n) is 10.9. The molecule has 0 saturated heterocycles. The van der Waals surface area contributed by atoms with Crippen LogP contribution in [0.3, 0.4) is 0 Å². The van der Waals surface area contributed by atoms with Crippen LogP contribution in [0.15, 0.2) is 60.7 Å². The second-order valence-corrected chi connectivity index (χ2v) is 18.8. The first-order valence-electron chi connectivity index (χ1n) is 17.7. The monoisotopic (exact) mass is 784 g/mol. The van der Waals surface area contributed by atoms with Gasteiger partial charge in [-0.2, -0.15) is 0 Å². The van der Waals surface area contributed by atoms with Crippen molar-refractivity contribution in [3.05, 3.63) is 116 Å². The minimum absolute atomic E-state index is 0.00474. The van der Waals surface area contributed by atoms with Crippen molar-refractivity contribution in [3.8, 4) is 23.0 Å². The van der Waals surface area contributed by atoms with Crippen molar-refractivity contribution in [2.45, 2.75) is 89.4 Å². The molecule has 4 aromatic rings. The van der Waals surface area contributed by atoms with Gasteiger partial charge in [-0.15, -0.1) is 0 Å². The van der Waals surface area contributed by atoms with E-state index >= 15 is 0 Å². The van der Waals surface area contributed by atoms with E-state index in [2.05, 4.69) is 19.9 Å². The second kappa shape index (κ2) is 14.7. The zero-order valence-electron chi connectivity index (χ0n) is 30.4. The van der Waals surface area contributed by atoms with E-state index in [1.807, 2.05) is 51.1 Å². The smallest absolute Gasteiger partial charge is 0.362 e. The van der Waals surface area contributed by atoms with E-state index in [9.17, 15) is 38.9 Å². The van der Waals surface area contributed by atoms with Crippen LogP contribution in [0, 0.1) is 6.92 Å². The molecule has 13 heteroatoms. The number of aromatic hydroxyl groups is 2. The van der Waals surface area contributed by atoms with E-state index in [0.29, 0.717) is 29.4 Å². The van der Waals surface area contributed by atoms with Gasteiger partial charge >= 0.3 is 15.2 Å². The number of phenols is 2. The Morgan fingerprint density at radius 1 is 0.849 bits per heavy atom. The predicted molar refractivity (Wildman–Crippen MR) is 205 cm³/mol. The summed E-state index contributed by atoms with van der Waals surface area (Å²) in [6.07, 6.45) is 1.42. The summed E-state index contributed by atoms with van der Waals surface area (Å²) in [6, 6.07) is 18.6. The molecule has 0 aliphatic heterocycles. The average molecular weight is 785 g/mol. The molecule has 10 nitrogen and oxygen atoms in total. The van der Waals surface area contributed by atoms with Crippen LogP contribution in [-0.4, -0.2) is 42.5 Å². The lowest BCUT2D eigenvalue weighted by atomic mass is 9.74. The maximum atomic E-state index is 11.7. The third kappa shape index (κ3) is 8.35. The fourth-order valence-electron chi connectivity index (χ4n) is 8.64. The number of benzene rings is 4. The standard InChI is InChI=1S/C40H47ClO10P2/c1-22(2)32-16-28(8-11-36(32)42)40(5)19-27(34-17-29(13-24(4)39(34)40)50-20-52(44,45)46)12-23(3)33-15-25(7-10-37(33)43)31-9-6-26-14-30(18-35(41)38(26)31)51-21-53(47,48)49/h7-8,10-11,13-18,22-23,27,31,42-43H,6,9,12,19-21H2,1-5H3,(H2,44,45,46)(H2,47,48,49)/t23?,27?,31-,40-/m0/s1. The zero-order valence-corrected chi connectivity index (χ0v) is 33.0. The fraction of sp³-hybridized carbons (Fsp3) is 0.400. The first-order valence-corrected chi connectivity index (χ1v) is 21.7. The molecular weight excluding hydrogens is 738 g/mol. The molecule has 0 spiro atoms. The predicted octanol–water partition coefficient (Wildman–Crippen LogP) is 9.28. The summed E-state index contributed by atoms with van der Waals surface area (Å²) in [5.74, 6) is 1.09. The number of halogens is 1. The highest BCUT2D eigenvalue weighted by Gasteiger charge is 2.44. The van der Waals surface area contributed by atoms with E-state index in [1.165, 1.54) is 0 Å². The summed E-state index contributed by atoms with van der Waals surface area (Å²) in [4.78, 5) is 37.5.